The number of rotatable bonds is 4. The van der Waals surface area contributed by atoms with Crippen molar-refractivity contribution in [3.8, 4) is 0 Å². The number of piperazine rings is 1. The lowest BCUT2D eigenvalue weighted by atomic mass is 9.87. The molecule has 1 aliphatic carbocycles. The summed E-state index contributed by atoms with van der Waals surface area (Å²) < 4.78 is 1.81. The molecule has 1 aliphatic heterocycles. The topological polar surface area (TPSA) is 46.0 Å². The quantitative estimate of drug-likeness (QED) is 0.921. The molecule has 1 saturated heterocycles. The molecule has 0 aromatic carbocycles. The fourth-order valence-corrected chi connectivity index (χ4v) is 4.08. The van der Waals surface area contributed by atoms with Crippen molar-refractivity contribution in [1.29, 1.82) is 0 Å². The van der Waals surface area contributed by atoms with E-state index in [-0.39, 0.29) is 0 Å². The standard InChI is InChI=1S/C16H29N5/c1-4-13(2)15-9-17-16(7-5-6-8-16)12-21(15)11-14-10-20(3)19-18-14/h10,13,15,17H,4-9,11-12H2,1-3H3. The molecular formula is C16H29N5. The van der Waals surface area contributed by atoms with Crippen LogP contribution in [0, 0.1) is 5.92 Å². The number of aryl methyl sites for hydroxylation is 1. The van der Waals surface area contributed by atoms with Gasteiger partial charge in [0.2, 0.25) is 0 Å². The highest BCUT2D eigenvalue weighted by molar-refractivity contribution is 5.04. The van der Waals surface area contributed by atoms with Crippen LogP contribution in [-0.4, -0.2) is 44.6 Å². The smallest absolute Gasteiger partial charge is 0.0967 e. The Hall–Kier alpha value is -0.940. The summed E-state index contributed by atoms with van der Waals surface area (Å²) in [6.07, 6.45) is 8.70. The highest BCUT2D eigenvalue weighted by Gasteiger charge is 2.42. The molecule has 2 aliphatic rings. The Morgan fingerprint density at radius 1 is 1.43 bits per heavy atom. The first-order valence-electron chi connectivity index (χ1n) is 8.46. The highest BCUT2D eigenvalue weighted by Crippen LogP contribution is 2.35. The van der Waals surface area contributed by atoms with E-state index in [1.807, 2.05) is 7.05 Å². The van der Waals surface area contributed by atoms with Crippen LogP contribution >= 0.6 is 0 Å². The molecule has 0 radical (unpaired) electrons. The van der Waals surface area contributed by atoms with Gasteiger partial charge in [-0.2, -0.15) is 0 Å². The molecule has 2 fully saturated rings. The number of aromatic nitrogens is 3. The van der Waals surface area contributed by atoms with Crippen molar-refractivity contribution >= 4 is 0 Å². The summed E-state index contributed by atoms with van der Waals surface area (Å²) >= 11 is 0. The van der Waals surface area contributed by atoms with Crippen molar-refractivity contribution < 1.29 is 0 Å². The van der Waals surface area contributed by atoms with Crippen LogP contribution in [0.15, 0.2) is 6.20 Å². The minimum atomic E-state index is 0.367. The lowest BCUT2D eigenvalue weighted by Crippen LogP contribution is -2.64. The second kappa shape index (κ2) is 6.05. The van der Waals surface area contributed by atoms with Crippen molar-refractivity contribution in [1.82, 2.24) is 25.2 Å². The molecule has 3 rings (SSSR count). The van der Waals surface area contributed by atoms with Crippen molar-refractivity contribution in [3.05, 3.63) is 11.9 Å². The molecule has 118 valence electrons. The Bertz CT molecular complexity index is 463. The van der Waals surface area contributed by atoms with Crippen molar-refractivity contribution in [2.24, 2.45) is 13.0 Å². The molecule has 0 amide bonds. The highest BCUT2D eigenvalue weighted by atomic mass is 15.4. The van der Waals surface area contributed by atoms with Crippen LogP contribution in [0.5, 0.6) is 0 Å². The molecule has 0 bridgehead atoms. The van der Waals surface area contributed by atoms with E-state index in [0.29, 0.717) is 17.5 Å². The summed E-state index contributed by atoms with van der Waals surface area (Å²) in [6, 6.07) is 0.614. The zero-order valence-electron chi connectivity index (χ0n) is 13.7. The van der Waals surface area contributed by atoms with E-state index in [1.165, 1.54) is 38.6 Å². The first kappa shape index (κ1) is 15.0. The predicted octanol–water partition coefficient (Wildman–Crippen LogP) is 1.95. The van der Waals surface area contributed by atoms with Gasteiger partial charge >= 0.3 is 0 Å². The SMILES string of the molecule is CCC(C)C1CNC2(CCCC2)CN1Cc1cn(C)nn1. The second-order valence-corrected chi connectivity index (χ2v) is 7.11. The van der Waals surface area contributed by atoms with Gasteiger partial charge < -0.3 is 5.32 Å². The van der Waals surface area contributed by atoms with Crippen LogP contribution in [0.4, 0.5) is 0 Å². The summed E-state index contributed by atoms with van der Waals surface area (Å²) in [7, 11) is 1.94. The van der Waals surface area contributed by atoms with E-state index >= 15 is 0 Å². The second-order valence-electron chi connectivity index (χ2n) is 7.11. The molecule has 5 nitrogen and oxygen atoms in total. The average Bonchev–Trinajstić information content (AvgIpc) is 3.08. The van der Waals surface area contributed by atoms with Crippen LogP contribution in [0.2, 0.25) is 0 Å². The lowest BCUT2D eigenvalue weighted by Gasteiger charge is -2.48. The molecule has 1 spiro atoms. The predicted molar refractivity (Wildman–Crippen MR) is 83.9 cm³/mol. The number of nitrogens with one attached hydrogen (secondary N) is 1. The fourth-order valence-electron chi connectivity index (χ4n) is 4.08. The van der Waals surface area contributed by atoms with E-state index in [2.05, 4.69) is 40.6 Å². The monoisotopic (exact) mass is 291 g/mol. The lowest BCUT2D eigenvalue weighted by molar-refractivity contribution is 0.0446. The molecule has 2 heterocycles. The van der Waals surface area contributed by atoms with Gasteiger partial charge in [0.05, 0.1) is 5.69 Å². The summed E-state index contributed by atoms with van der Waals surface area (Å²) in [5.41, 5.74) is 1.47. The Labute approximate surface area is 128 Å². The Kier molecular flexibility index (Phi) is 4.31. The van der Waals surface area contributed by atoms with Gasteiger partial charge in [0.15, 0.2) is 0 Å². The maximum Gasteiger partial charge on any atom is 0.0967 e. The van der Waals surface area contributed by atoms with Crippen LogP contribution in [0.25, 0.3) is 0 Å². The number of nitrogens with zero attached hydrogens (tertiary/aromatic N) is 4. The summed E-state index contributed by atoms with van der Waals surface area (Å²) in [5.74, 6) is 0.716. The maximum absolute atomic E-state index is 4.30. The minimum Gasteiger partial charge on any atom is -0.308 e. The minimum absolute atomic E-state index is 0.367. The van der Waals surface area contributed by atoms with Gasteiger partial charge in [-0.05, 0) is 18.8 Å². The van der Waals surface area contributed by atoms with Crippen molar-refractivity contribution in [2.75, 3.05) is 13.1 Å². The van der Waals surface area contributed by atoms with E-state index < -0.39 is 0 Å². The zero-order chi connectivity index (χ0) is 14.9. The molecule has 2 atom stereocenters. The summed E-state index contributed by atoms with van der Waals surface area (Å²) in [4.78, 5) is 2.67. The van der Waals surface area contributed by atoms with Crippen LogP contribution in [0.3, 0.4) is 0 Å². The molecular weight excluding hydrogens is 262 g/mol. The fraction of sp³-hybridized carbons (Fsp3) is 0.875. The molecule has 5 heteroatoms. The zero-order valence-corrected chi connectivity index (χ0v) is 13.7. The van der Waals surface area contributed by atoms with Gasteiger partial charge in [-0.25, -0.2) is 0 Å². The summed E-state index contributed by atoms with van der Waals surface area (Å²) in [5, 5.41) is 12.3. The third-order valence-corrected chi connectivity index (χ3v) is 5.54. The van der Waals surface area contributed by atoms with Gasteiger partial charge in [-0.1, -0.05) is 38.3 Å². The molecule has 1 N–H and O–H groups in total. The molecule has 1 aromatic rings. The molecule has 21 heavy (non-hydrogen) atoms. The Morgan fingerprint density at radius 3 is 2.81 bits per heavy atom. The van der Waals surface area contributed by atoms with E-state index in [0.717, 1.165) is 18.8 Å². The third-order valence-electron chi connectivity index (χ3n) is 5.54. The number of hydrogen-bond acceptors (Lipinski definition) is 4. The van der Waals surface area contributed by atoms with Crippen molar-refractivity contribution in [2.45, 2.75) is 64.1 Å². The average molecular weight is 291 g/mol. The van der Waals surface area contributed by atoms with Crippen molar-refractivity contribution in [3.63, 3.8) is 0 Å². The maximum atomic E-state index is 4.30. The normalized spacial score (nSPS) is 27.3. The number of hydrogen-bond donors (Lipinski definition) is 1. The van der Waals surface area contributed by atoms with Crippen LogP contribution in [0.1, 0.15) is 51.6 Å². The molecule has 1 saturated carbocycles. The van der Waals surface area contributed by atoms with E-state index in [4.69, 9.17) is 0 Å². The van der Waals surface area contributed by atoms with Gasteiger partial charge in [0, 0.05) is 44.5 Å². The van der Waals surface area contributed by atoms with Gasteiger partial charge in [-0.15, -0.1) is 5.10 Å². The largest absolute Gasteiger partial charge is 0.308 e. The molecule has 2 unspecified atom stereocenters. The van der Waals surface area contributed by atoms with Crippen LogP contribution < -0.4 is 5.32 Å². The Balaban J connectivity index is 1.75. The Morgan fingerprint density at radius 2 is 2.19 bits per heavy atom. The first-order valence-corrected chi connectivity index (χ1v) is 8.46. The first-order chi connectivity index (χ1) is 10.1. The molecule has 1 aromatic heterocycles. The summed E-state index contributed by atoms with van der Waals surface area (Å²) in [6.45, 7) is 7.90. The van der Waals surface area contributed by atoms with Gasteiger partial charge in [0.1, 0.15) is 0 Å². The van der Waals surface area contributed by atoms with Gasteiger partial charge in [-0.3, -0.25) is 9.58 Å². The van der Waals surface area contributed by atoms with Crippen LogP contribution in [-0.2, 0) is 13.6 Å². The van der Waals surface area contributed by atoms with E-state index in [1.54, 1.807) is 4.68 Å². The third kappa shape index (κ3) is 3.14. The van der Waals surface area contributed by atoms with E-state index in [9.17, 15) is 0 Å². The van der Waals surface area contributed by atoms with Gasteiger partial charge in [0.25, 0.3) is 0 Å².